The van der Waals surface area contributed by atoms with Crippen LogP contribution in [0.15, 0.2) is 28.7 Å². The predicted molar refractivity (Wildman–Crippen MR) is 89.7 cm³/mol. The van der Waals surface area contributed by atoms with Crippen molar-refractivity contribution in [2.24, 2.45) is 0 Å². The third-order valence-corrected chi connectivity index (χ3v) is 4.26. The van der Waals surface area contributed by atoms with Gasteiger partial charge in [-0.05, 0) is 50.6 Å². The highest BCUT2D eigenvalue weighted by molar-refractivity contribution is 9.10. The number of hydrogen-bond acceptors (Lipinski definition) is 3. The van der Waals surface area contributed by atoms with Gasteiger partial charge in [0.25, 0.3) is 5.91 Å². The molecule has 1 aliphatic rings. The highest BCUT2D eigenvalue weighted by atomic mass is 79.9. The largest absolute Gasteiger partial charge is 0.353 e. The van der Waals surface area contributed by atoms with E-state index in [0.717, 1.165) is 23.9 Å². The number of halogens is 1. The summed E-state index contributed by atoms with van der Waals surface area (Å²) in [5, 5.41) is 9.16. The number of nitrogens with one attached hydrogen (secondary N) is 3. The summed E-state index contributed by atoms with van der Waals surface area (Å²) in [6, 6.07) is 7.81. The van der Waals surface area contributed by atoms with Crippen molar-refractivity contribution in [3.05, 3.63) is 34.3 Å². The minimum Gasteiger partial charge on any atom is -0.353 e. The molecule has 1 fully saturated rings. The van der Waals surface area contributed by atoms with Gasteiger partial charge in [0.15, 0.2) is 0 Å². The molecule has 2 amide bonds. The molecule has 0 radical (unpaired) electrons. The number of rotatable bonds is 5. The molecule has 6 heteroatoms. The summed E-state index contributed by atoms with van der Waals surface area (Å²) in [5.41, 5.74) is 0.593. The summed E-state index contributed by atoms with van der Waals surface area (Å²) in [6.07, 6.45) is 2.22. The van der Waals surface area contributed by atoms with Gasteiger partial charge in [0.1, 0.15) is 0 Å². The fourth-order valence-corrected chi connectivity index (χ4v) is 2.82. The smallest absolute Gasteiger partial charge is 0.251 e. The van der Waals surface area contributed by atoms with Crippen LogP contribution in [-0.2, 0) is 4.79 Å². The molecular formula is C16H22BrN3O2. The third kappa shape index (κ3) is 5.42. The maximum absolute atomic E-state index is 11.9. The Balaban J connectivity index is 1.68. The molecule has 0 aliphatic carbocycles. The van der Waals surface area contributed by atoms with Crippen LogP contribution in [0.5, 0.6) is 0 Å². The molecule has 1 heterocycles. The molecule has 0 saturated carbocycles. The molecule has 0 bridgehead atoms. The van der Waals surface area contributed by atoms with Crippen LogP contribution in [0.2, 0.25) is 0 Å². The molecule has 1 aromatic rings. The topological polar surface area (TPSA) is 70.2 Å². The van der Waals surface area contributed by atoms with Crippen LogP contribution >= 0.6 is 15.9 Å². The van der Waals surface area contributed by atoms with Crippen molar-refractivity contribution in [2.75, 3.05) is 13.1 Å². The number of amides is 2. The van der Waals surface area contributed by atoms with E-state index in [2.05, 4.69) is 38.8 Å². The molecule has 0 aromatic heterocycles. The first-order valence-corrected chi connectivity index (χ1v) is 8.40. The summed E-state index contributed by atoms with van der Waals surface area (Å²) < 4.78 is 0.930. The van der Waals surface area contributed by atoms with Gasteiger partial charge in [-0.1, -0.05) is 15.9 Å². The molecule has 5 nitrogen and oxygen atoms in total. The van der Waals surface area contributed by atoms with Gasteiger partial charge in [0.05, 0.1) is 0 Å². The van der Waals surface area contributed by atoms with Crippen molar-refractivity contribution >= 4 is 27.7 Å². The van der Waals surface area contributed by atoms with E-state index < -0.39 is 0 Å². The maximum atomic E-state index is 11.9. The van der Waals surface area contributed by atoms with E-state index in [1.54, 1.807) is 12.1 Å². The van der Waals surface area contributed by atoms with E-state index in [4.69, 9.17) is 0 Å². The van der Waals surface area contributed by atoms with Crippen molar-refractivity contribution in [3.63, 3.8) is 0 Å². The number of piperidine rings is 1. The molecule has 120 valence electrons. The minimum atomic E-state index is -0.157. The SMILES string of the molecule is CC1CC(NC(=O)CCNC(=O)c2ccc(Br)cc2)CCN1. The van der Waals surface area contributed by atoms with Gasteiger partial charge in [0, 0.05) is 35.1 Å². The standard InChI is InChI=1S/C16H22BrN3O2/c1-11-10-14(6-8-18-11)20-15(21)7-9-19-16(22)12-2-4-13(17)5-3-12/h2-5,11,14,18H,6-10H2,1H3,(H,19,22)(H,20,21). The van der Waals surface area contributed by atoms with Crippen LogP contribution in [0.3, 0.4) is 0 Å². The summed E-state index contributed by atoms with van der Waals surface area (Å²) in [7, 11) is 0. The molecule has 22 heavy (non-hydrogen) atoms. The second-order valence-electron chi connectivity index (χ2n) is 5.66. The summed E-state index contributed by atoms with van der Waals surface area (Å²) in [5.74, 6) is -0.161. The average Bonchev–Trinajstić information content (AvgIpc) is 2.47. The van der Waals surface area contributed by atoms with Crippen LogP contribution in [-0.4, -0.2) is 37.0 Å². The lowest BCUT2D eigenvalue weighted by Gasteiger charge is -2.28. The zero-order chi connectivity index (χ0) is 15.9. The Labute approximate surface area is 139 Å². The molecule has 3 N–H and O–H groups in total. The third-order valence-electron chi connectivity index (χ3n) is 3.73. The molecule has 1 aliphatic heterocycles. The van der Waals surface area contributed by atoms with Gasteiger partial charge < -0.3 is 16.0 Å². The molecular weight excluding hydrogens is 346 g/mol. The van der Waals surface area contributed by atoms with Crippen molar-refractivity contribution in [3.8, 4) is 0 Å². The first-order valence-electron chi connectivity index (χ1n) is 7.61. The van der Waals surface area contributed by atoms with Crippen molar-refractivity contribution < 1.29 is 9.59 Å². The quantitative estimate of drug-likeness (QED) is 0.743. The van der Waals surface area contributed by atoms with Crippen LogP contribution < -0.4 is 16.0 Å². The fraction of sp³-hybridized carbons (Fsp3) is 0.500. The zero-order valence-electron chi connectivity index (χ0n) is 12.7. The minimum absolute atomic E-state index is 0.00444. The maximum Gasteiger partial charge on any atom is 0.251 e. The lowest BCUT2D eigenvalue weighted by molar-refractivity contribution is -0.121. The molecule has 2 atom stereocenters. The van der Waals surface area contributed by atoms with E-state index in [-0.39, 0.29) is 17.9 Å². The Morgan fingerprint density at radius 3 is 2.73 bits per heavy atom. The summed E-state index contributed by atoms with van der Waals surface area (Å²) in [4.78, 5) is 23.8. The monoisotopic (exact) mass is 367 g/mol. The van der Waals surface area contributed by atoms with Gasteiger partial charge >= 0.3 is 0 Å². The van der Waals surface area contributed by atoms with Gasteiger partial charge in [-0.3, -0.25) is 9.59 Å². The van der Waals surface area contributed by atoms with E-state index in [0.29, 0.717) is 24.6 Å². The summed E-state index contributed by atoms with van der Waals surface area (Å²) in [6.45, 7) is 3.41. The molecule has 2 unspecified atom stereocenters. The van der Waals surface area contributed by atoms with Crippen LogP contribution in [0.1, 0.15) is 36.5 Å². The molecule has 0 spiro atoms. The van der Waals surface area contributed by atoms with Crippen LogP contribution in [0.25, 0.3) is 0 Å². The van der Waals surface area contributed by atoms with Crippen molar-refractivity contribution in [1.29, 1.82) is 0 Å². The lowest BCUT2D eigenvalue weighted by atomic mass is 10.0. The second-order valence-corrected chi connectivity index (χ2v) is 6.57. The van der Waals surface area contributed by atoms with Gasteiger partial charge in [-0.2, -0.15) is 0 Å². The van der Waals surface area contributed by atoms with Crippen molar-refractivity contribution in [1.82, 2.24) is 16.0 Å². The Morgan fingerprint density at radius 1 is 1.32 bits per heavy atom. The first-order chi connectivity index (χ1) is 10.5. The predicted octanol–water partition coefficient (Wildman–Crippen LogP) is 1.83. The highest BCUT2D eigenvalue weighted by Crippen LogP contribution is 2.10. The number of hydrogen-bond donors (Lipinski definition) is 3. The summed E-state index contributed by atoms with van der Waals surface area (Å²) >= 11 is 3.33. The van der Waals surface area contributed by atoms with Gasteiger partial charge in [0.2, 0.25) is 5.91 Å². The number of benzene rings is 1. The Bertz CT molecular complexity index is 519. The normalized spacial score (nSPS) is 21.2. The highest BCUT2D eigenvalue weighted by Gasteiger charge is 2.19. The molecule has 1 saturated heterocycles. The first kappa shape index (κ1) is 17.0. The van der Waals surface area contributed by atoms with Gasteiger partial charge in [-0.25, -0.2) is 0 Å². The second kappa shape index (κ2) is 8.29. The Kier molecular flexibility index (Phi) is 6.39. The van der Waals surface area contributed by atoms with E-state index in [9.17, 15) is 9.59 Å². The van der Waals surface area contributed by atoms with Crippen LogP contribution in [0, 0.1) is 0 Å². The van der Waals surface area contributed by atoms with Crippen LogP contribution in [0.4, 0.5) is 0 Å². The van der Waals surface area contributed by atoms with Crippen molar-refractivity contribution in [2.45, 2.75) is 38.3 Å². The van der Waals surface area contributed by atoms with E-state index in [1.165, 1.54) is 0 Å². The van der Waals surface area contributed by atoms with Gasteiger partial charge in [-0.15, -0.1) is 0 Å². The Hall–Kier alpha value is -1.40. The van der Waals surface area contributed by atoms with E-state index in [1.807, 2.05) is 12.1 Å². The number of carbonyl (C=O) groups excluding carboxylic acids is 2. The van der Waals surface area contributed by atoms with E-state index >= 15 is 0 Å². The number of carbonyl (C=O) groups is 2. The molecule has 1 aromatic carbocycles. The molecule has 2 rings (SSSR count). The fourth-order valence-electron chi connectivity index (χ4n) is 2.56. The average molecular weight is 368 g/mol. The zero-order valence-corrected chi connectivity index (χ0v) is 14.3. The lowest BCUT2D eigenvalue weighted by Crippen LogP contribution is -2.47. The Morgan fingerprint density at radius 2 is 2.05 bits per heavy atom.